The Morgan fingerprint density at radius 2 is 1.95 bits per heavy atom. The first-order chi connectivity index (χ1) is 9.86. The van der Waals surface area contributed by atoms with Gasteiger partial charge in [0.1, 0.15) is 5.65 Å². The molecule has 1 aliphatic heterocycles. The van der Waals surface area contributed by atoms with E-state index in [1.165, 1.54) is 0 Å². The summed E-state index contributed by atoms with van der Waals surface area (Å²) in [6, 6.07) is 13.7. The summed E-state index contributed by atoms with van der Waals surface area (Å²) in [4.78, 5) is 18.1. The zero-order valence-electron chi connectivity index (χ0n) is 10.7. The lowest BCUT2D eigenvalue weighted by Crippen LogP contribution is -2.21. The van der Waals surface area contributed by atoms with E-state index in [1.807, 2.05) is 36.4 Å². The second-order valence-electron chi connectivity index (χ2n) is 4.76. The molecule has 2 aromatic heterocycles. The predicted octanol–water partition coefficient (Wildman–Crippen LogP) is 3.03. The van der Waals surface area contributed by atoms with E-state index in [2.05, 4.69) is 11.1 Å². The highest BCUT2D eigenvalue weighted by atomic mass is 32.2. The van der Waals surface area contributed by atoms with Crippen LogP contribution in [0.5, 0.6) is 0 Å². The molecule has 0 atom stereocenters. The average molecular weight is 280 g/mol. The number of aromatic nitrogens is 2. The molecule has 98 valence electrons. The number of hydrogen-bond donors (Lipinski definition) is 0. The van der Waals surface area contributed by atoms with E-state index in [0.717, 1.165) is 39.4 Å². The van der Waals surface area contributed by atoms with Crippen molar-refractivity contribution in [2.75, 3.05) is 5.75 Å². The molecule has 3 aromatic rings. The number of nitrogens with zero attached hydrogens (tertiary/aromatic N) is 2. The van der Waals surface area contributed by atoms with Crippen molar-refractivity contribution in [3.63, 3.8) is 0 Å². The summed E-state index contributed by atoms with van der Waals surface area (Å²) >= 11 is 1.66. The minimum atomic E-state index is 0.0555. The summed E-state index contributed by atoms with van der Waals surface area (Å²) in [5, 5.41) is 1.09. The van der Waals surface area contributed by atoms with E-state index in [0.29, 0.717) is 0 Å². The van der Waals surface area contributed by atoms with Crippen molar-refractivity contribution in [2.24, 2.45) is 0 Å². The Morgan fingerprint density at radius 1 is 1.10 bits per heavy atom. The normalized spacial score (nSPS) is 13.6. The number of aryl methyl sites for hydroxylation is 1. The topological polar surface area (TPSA) is 34.9 Å². The number of pyridine rings is 2. The minimum absolute atomic E-state index is 0.0555. The van der Waals surface area contributed by atoms with Crippen LogP contribution in [0.1, 0.15) is 5.56 Å². The van der Waals surface area contributed by atoms with Crippen molar-refractivity contribution < 1.29 is 0 Å². The first-order valence-electron chi connectivity index (χ1n) is 6.57. The molecule has 0 aliphatic carbocycles. The molecular formula is C16H12N2OS. The van der Waals surface area contributed by atoms with Crippen molar-refractivity contribution in [2.45, 2.75) is 11.3 Å². The van der Waals surface area contributed by atoms with Crippen LogP contribution in [-0.2, 0) is 6.42 Å². The molecule has 1 aliphatic rings. The fourth-order valence-electron chi connectivity index (χ4n) is 2.73. The minimum Gasteiger partial charge on any atom is -0.268 e. The fraction of sp³-hybridized carbons (Fsp3) is 0.125. The number of rotatable bonds is 1. The van der Waals surface area contributed by atoms with Gasteiger partial charge in [0.15, 0.2) is 0 Å². The molecule has 0 fully saturated rings. The molecule has 0 bridgehead atoms. The van der Waals surface area contributed by atoms with Crippen LogP contribution in [0.3, 0.4) is 0 Å². The molecule has 3 heterocycles. The monoisotopic (exact) mass is 280 g/mol. The molecule has 1 aromatic carbocycles. The van der Waals surface area contributed by atoms with E-state index in [1.54, 1.807) is 22.5 Å². The Labute approximate surface area is 120 Å². The third kappa shape index (κ3) is 1.61. The smallest absolute Gasteiger partial charge is 0.268 e. The van der Waals surface area contributed by atoms with Gasteiger partial charge in [-0.15, -0.1) is 11.8 Å². The lowest BCUT2D eigenvalue weighted by atomic mass is 10.1. The van der Waals surface area contributed by atoms with Gasteiger partial charge in [0.05, 0.1) is 10.6 Å². The molecule has 4 rings (SSSR count). The number of para-hydroxylation sites is 1. The number of fused-ring (bicyclic) bond motifs is 3. The van der Waals surface area contributed by atoms with Crippen molar-refractivity contribution in [1.29, 1.82) is 0 Å². The Hall–Kier alpha value is -2.07. The summed E-state index contributed by atoms with van der Waals surface area (Å²) in [5.74, 6) is 0.980. The molecule has 0 amide bonds. The zero-order chi connectivity index (χ0) is 13.5. The van der Waals surface area contributed by atoms with Crippen molar-refractivity contribution in [3.05, 3.63) is 64.6 Å². The Balaban J connectivity index is 2.19. The molecule has 0 unspecified atom stereocenters. The van der Waals surface area contributed by atoms with E-state index < -0.39 is 0 Å². The standard InChI is InChI=1S/C16H12N2OS/c19-16-14-12(8-10-20-14)13-7-4-9-17-15(13)18(16)11-5-2-1-3-6-11/h1-7,9H,8,10H2. The highest BCUT2D eigenvalue weighted by molar-refractivity contribution is 7.99. The lowest BCUT2D eigenvalue weighted by Gasteiger charge is -2.12. The van der Waals surface area contributed by atoms with Crippen LogP contribution in [-0.4, -0.2) is 15.3 Å². The SMILES string of the molecule is O=c1c2c(c3cccnc3n1-c1ccccc1)CCS2. The van der Waals surface area contributed by atoms with Crippen molar-refractivity contribution in [1.82, 2.24) is 9.55 Å². The lowest BCUT2D eigenvalue weighted by molar-refractivity contribution is 0.957. The first kappa shape index (κ1) is 11.7. The van der Waals surface area contributed by atoms with Gasteiger partial charge in [-0.3, -0.25) is 9.36 Å². The number of benzene rings is 1. The van der Waals surface area contributed by atoms with Gasteiger partial charge in [0.2, 0.25) is 0 Å². The summed E-state index contributed by atoms with van der Waals surface area (Å²) < 4.78 is 1.73. The first-order valence-corrected chi connectivity index (χ1v) is 7.55. The maximum Gasteiger partial charge on any atom is 0.270 e. The highest BCUT2D eigenvalue weighted by Gasteiger charge is 2.22. The van der Waals surface area contributed by atoms with Crippen molar-refractivity contribution >= 4 is 22.8 Å². The third-order valence-corrected chi connectivity index (χ3v) is 4.73. The van der Waals surface area contributed by atoms with Crippen LogP contribution < -0.4 is 5.56 Å². The summed E-state index contributed by atoms with van der Waals surface area (Å²) in [6.07, 6.45) is 2.70. The van der Waals surface area contributed by atoms with Gasteiger partial charge < -0.3 is 0 Å². The molecule has 0 saturated heterocycles. The Bertz CT molecular complexity index is 855. The van der Waals surface area contributed by atoms with Gasteiger partial charge in [-0.2, -0.15) is 0 Å². The largest absolute Gasteiger partial charge is 0.270 e. The summed E-state index contributed by atoms with van der Waals surface area (Å²) in [7, 11) is 0. The van der Waals surface area contributed by atoms with Gasteiger partial charge in [-0.1, -0.05) is 18.2 Å². The van der Waals surface area contributed by atoms with Crippen LogP contribution in [0.15, 0.2) is 58.4 Å². The van der Waals surface area contributed by atoms with Crippen molar-refractivity contribution in [3.8, 4) is 5.69 Å². The van der Waals surface area contributed by atoms with Crippen LogP contribution in [0.4, 0.5) is 0 Å². The van der Waals surface area contributed by atoms with Gasteiger partial charge in [-0.05, 0) is 36.2 Å². The van der Waals surface area contributed by atoms with E-state index in [4.69, 9.17) is 0 Å². The molecule has 0 radical (unpaired) electrons. The Morgan fingerprint density at radius 3 is 2.80 bits per heavy atom. The second kappa shape index (κ2) is 4.49. The summed E-state index contributed by atoms with van der Waals surface area (Å²) in [6.45, 7) is 0. The quantitative estimate of drug-likeness (QED) is 0.687. The maximum atomic E-state index is 12.8. The number of hydrogen-bond acceptors (Lipinski definition) is 3. The molecule has 0 saturated carbocycles. The van der Waals surface area contributed by atoms with E-state index in [9.17, 15) is 4.79 Å². The second-order valence-corrected chi connectivity index (χ2v) is 5.86. The van der Waals surface area contributed by atoms with Gasteiger partial charge in [-0.25, -0.2) is 4.98 Å². The van der Waals surface area contributed by atoms with Crippen LogP contribution in [0.2, 0.25) is 0 Å². The molecule has 4 heteroatoms. The van der Waals surface area contributed by atoms with Crippen LogP contribution in [0, 0.1) is 0 Å². The molecule has 0 N–H and O–H groups in total. The molecular weight excluding hydrogens is 268 g/mol. The molecule has 20 heavy (non-hydrogen) atoms. The third-order valence-electron chi connectivity index (χ3n) is 3.61. The Kier molecular flexibility index (Phi) is 2.63. The van der Waals surface area contributed by atoms with Crippen LogP contribution in [0.25, 0.3) is 16.7 Å². The fourth-order valence-corrected chi connectivity index (χ4v) is 3.84. The summed E-state index contributed by atoms with van der Waals surface area (Å²) in [5.41, 5.74) is 2.84. The predicted molar refractivity (Wildman–Crippen MR) is 81.8 cm³/mol. The van der Waals surface area contributed by atoms with Gasteiger partial charge in [0, 0.05) is 17.3 Å². The van der Waals surface area contributed by atoms with Gasteiger partial charge in [0.25, 0.3) is 5.56 Å². The van der Waals surface area contributed by atoms with Crippen LogP contribution >= 0.6 is 11.8 Å². The van der Waals surface area contributed by atoms with Gasteiger partial charge >= 0.3 is 0 Å². The average Bonchev–Trinajstić information content (AvgIpc) is 2.99. The highest BCUT2D eigenvalue weighted by Crippen LogP contribution is 2.33. The van der Waals surface area contributed by atoms with E-state index in [-0.39, 0.29) is 5.56 Å². The maximum absolute atomic E-state index is 12.8. The van der Waals surface area contributed by atoms with E-state index >= 15 is 0 Å². The number of thioether (sulfide) groups is 1. The molecule has 3 nitrogen and oxygen atoms in total. The zero-order valence-corrected chi connectivity index (χ0v) is 11.6. The molecule has 0 spiro atoms.